The lowest BCUT2D eigenvalue weighted by atomic mass is 10.1. The van der Waals surface area contributed by atoms with Gasteiger partial charge < -0.3 is 14.9 Å². The fraction of sp³-hybridized carbons (Fsp3) is 0.417. The normalized spacial score (nSPS) is 13.7. The number of aliphatic hydroxyl groups is 1. The number of carboxylic acid groups (broad SMARTS) is 1. The largest absolute Gasteiger partial charge is 0.481 e. The highest BCUT2D eigenvalue weighted by Crippen LogP contribution is 2.25. The first kappa shape index (κ1) is 17.6. The van der Waals surface area contributed by atoms with Crippen LogP contribution in [0.4, 0.5) is 0 Å². The number of hydrogen-bond donors (Lipinski definition) is 2. The van der Waals surface area contributed by atoms with E-state index in [1.165, 1.54) is 0 Å². The molecule has 0 radical (unpaired) electrons. The van der Waals surface area contributed by atoms with Crippen LogP contribution in [-0.2, 0) is 16.1 Å². The first-order valence-corrected chi connectivity index (χ1v) is 6.62. The number of carbonyl (C=O) groups is 1. The van der Waals surface area contributed by atoms with E-state index < -0.39 is 36.1 Å². The molecule has 1 aromatic carbocycles. The van der Waals surface area contributed by atoms with Gasteiger partial charge in [-0.1, -0.05) is 29.3 Å². The molecule has 0 amide bonds. The van der Waals surface area contributed by atoms with Crippen molar-refractivity contribution in [2.75, 3.05) is 6.61 Å². The molecule has 0 fully saturated rings. The van der Waals surface area contributed by atoms with E-state index >= 15 is 0 Å². The maximum atomic E-state index is 10.7. The van der Waals surface area contributed by atoms with Crippen LogP contribution in [0, 0.1) is 10.1 Å². The van der Waals surface area contributed by atoms with E-state index in [0.29, 0.717) is 15.6 Å². The third-order valence-electron chi connectivity index (χ3n) is 2.70. The van der Waals surface area contributed by atoms with Gasteiger partial charge in [-0.15, -0.1) is 0 Å². The van der Waals surface area contributed by atoms with Crippen molar-refractivity contribution in [1.82, 2.24) is 0 Å². The second-order valence-electron chi connectivity index (χ2n) is 4.23. The van der Waals surface area contributed by atoms with Crippen LogP contribution in [0.25, 0.3) is 0 Å². The molecular formula is C12H13Cl2NO6. The Morgan fingerprint density at radius 3 is 2.43 bits per heavy atom. The van der Waals surface area contributed by atoms with Crippen LogP contribution in [0.15, 0.2) is 18.2 Å². The van der Waals surface area contributed by atoms with Crippen LogP contribution < -0.4 is 0 Å². The number of aliphatic carboxylic acids is 1. The third kappa shape index (κ3) is 5.47. The summed E-state index contributed by atoms with van der Waals surface area (Å²) in [5.74, 6) is -1.37. The Morgan fingerprint density at radius 2 is 1.95 bits per heavy atom. The summed E-state index contributed by atoms with van der Waals surface area (Å²) in [6, 6.07) is 3.22. The quantitative estimate of drug-likeness (QED) is 0.554. The average Bonchev–Trinajstić information content (AvgIpc) is 2.38. The van der Waals surface area contributed by atoms with Crippen molar-refractivity contribution in [1.29, 1.82) is 0 Å². The zero-order chi connectivity index (χ0) is 16.0. The summed E-state index contributed by atoms with van der Waals surface area (Å²) in [7, 11) is 0. The fourth-order valence-corrected chi connectivity index (χ4v) is 2.10. The molecule has 2 atom stereocenters. The highest BCUT2D eigenvalue weighted by molar-refractivity contribution is 6.35. The standard InChI is InChI=1S/C12H13Cl2NO6/c13-8-2-1-3-9(14)7(8)5-21-6-11(16)10(15(19)20)4-12(17)18/h1-3,10-11,16H,4-6H2,(H,17,18). The van der Waals surface area contributed by atoms with E-state index in [2.05, 4.69) is 0 Å². The molecule has 2 unspecified atom stereocenters. The van der Waals surface area contributed by atoms with Gasteiger partial charge in [0, 0.05) is 20.5 Å². The van der Waals surface area contributed by atoms with Gasteiger partial charge in [0.25, 0.3) is 6.04 Å². The maximum absolute atomic E-state index is 10.7. The molecule has 0 saturated heterocycles. The van der Waals surface area contributed by atoms with Gasteiger partial charge in [-0.25, -0.2) is 0 Å². The lowest BCUT2D eigenvalue weighted by Gasteiger charge is -2.15. The molecule has 0 aliphatic rings. The molecule has 116 valence electrons. The monoisotopic (exact) mass is 337 g/mol. The van der Waals surface area contributed by atoms with E-state index in [-0.39, 0.29) is 6.61 Å². The molecule has 2 N–H and O–H groups in total. The molecule has 21 heavy (non-hydrogen) atoms. The summed E-state index contributed by atoms with van der Waals surface area (Å²) in [6.07, 6.45) is -2.33. The number of ether oxygens (including phenoxy) is 1. The molecule has 1 aromatic rings. The summed E-state index contributed by atoms with van der Waals surface area (Å²) < 4.78 is 5.14. The number of rotatable bonds is 8. The molecule has 1 rings (SSSR count). The van der Waals surface area contributed by atoms with Crippen molar-refractivity contribution < 1.29 is 24.7 Å². The van der Waals surface area contributed by atoms with Crippen LogP contribution in [0.3, 0.4) is 0 Å². The maximum Gasteiger partial charge on any atom is 0.310 e. The number of nitro groups is 1. The molecule has 0 aromatic heterocycles. The first-order chi connectivity index (χ1) is 9.82. The predicted octanol–water partition coefficient (Wildman–Crippen LogP) is 1.99. The Morgan fingerprint density at radius 1 is 1.38 bits per heavy atom. The smallest absolute Gasteiger partial charge is 0.310 e. The Bertz CT molecular complexity index is 504. The van der Waals surface area contributed by atoms with E-state index in [4.69, 9.17) is 33.0 Å². The predicted molar refractivity (Wildman–Crippen MR) is 75.2 cm³/mol. The third-order valence-corrected chi connectivity index (χ3v) is 3.40. The topological polar surface area (TPSA) is 110 Å². The average molecular weight is 338 g/mol. The van der Waals surface area contributed by atoms with Gasteiger partial charge in [0.05, 0.1) is 13.2 Å². The lowest BCUT2D eigenvalue weighted by molar-refractivity contribution is -0.534. The van der Waals surface area contributed by atoms with Gasteiger partial charge in [0.1, 0.15) is 12.5 Å². The van der Waals surface area contributed by atoms with Crippen molar-refractivity contribution in [3.8, 4) is 0 Å². The van der Waals surface area contributed by atoms with E-state index in [0.717, 1.165) is 0 Å². The summed E-state index contributed by atoms with van der Waals surface area (Å²) >= 11 is 11.8. The molecule has 0 saturated carbocycles. The van der Waals surface area contributed by atoms with Crippen LogP contribution in [-0.4, -0.2) is 39.9 Å². The number of hydrogen-bond acceptors (Lipinski definition) is 5. The second kappa shape index (κ2) is 8.14. The van der Waals surface area contributed by atoms with Crippen LogP contribution >= 0.6 is 23.2 Å². The Hall–Kier alpha value is -1.41. The zero-order valence-corrected chi connectivity index (χ0v) is 12.3. The van der Waals surface area contributed by atoms with Gasteiger partial charge >= 0.3 is 5.97 Å². The number of aliphatic hydroxyl groups excluding tert-OH is 1. The highest BCUT2D eigenvalue weighted by Gasteiger charge is 2.32. The Labute approximate surface area is 130 Å². The van der Waals surface area contributed by atoms with Crippen molar-refractivity contribution >= 4 is 29.2 Å². The molecule has 0 heterocycles. The zero-order valence-electron chi connectivity index (χ0n) is 10.7. The van der Waals surface area contributed by atoms with E-state index in [1.54, 1.807) is 18.2 Å². The molecular weight excluding hydrogens is 325 g/mol. The number of benzene rings is 1. The van der Waals surface area contributed by atoms with Crippen molar-refractivity contribution in [2.45, 2.75) is 25.2 Å². The van der Waals surface area contributed by atoms with Gasteiger partial charge in [-0.2, -0.15) is 0 Å². The van der Waals surface area contributed by atoms with Gasteiger partial charge in [-0.05, 0) is 12.1 Å². The molecule has 9 heteroatoms. The molecule has 0 bridgehead atoms. The van der Waals surface area contributed by atoms with E-state index in [9.17, 15) is 20.0 Å². The summed E-state index contributed by atoms with van der Waals surface area (Å²) in [6.45, 7) is -0.451. The number of carboxylic acids is 1. The summed E-state index contributed by atoms with van der Waals surface area (Å²) in [4.78, 5) is 20.4. The first-order valence-electron chi connectivity index (χ1n) is 5.87. The van der Waals surface area contributed by atoms with Crippen LogP contribution in [0.1, 0.15) is 12.0 Å². The summed E-state index contributed by atoms with van der Waals surface area (Å²) in [5.41, 5.74) is 0.490. The molecule has 0 spiro atoms. The number of halogens is 2. The van der Waals surface area contributed by atoms with Crippen LogP contribution in [0.5, 0.6) is 0 Å². The Balaban J connectivity index is 2.57. The van der Waals surface area contributed by atoms with E-state index in [1.807, 2.05) is 0 Å². The fourth-order valence-electron chi connectivity index (χ4n) is 1.59. The minimum atomic E-state index is -1.63. The van der Waals surface area contributed by atoms with Crippen molar-refractivity contribution in [2.24, 2.45) is 0 Å². The highest BCUT2D eigenvalue weighted by atomic mass is 35.5. The Kier molecular flexibility index (Phi) is 6.83. The van der Waals surface area contributed by atoms with Crippen LogP contribution in [0.2, 0.25) is 10.0 Å². The molecule has 0 aliphatic heterocycles. The molecule has 7 nitrogen and oxygen atoms in total. The lowest BCUT2D eigenvalue weighted by Crippen LogP contribution is -2.38. The minimum Gasteiger partial charge on any atom is -0.481 e. The van der Waals surface area contributed by atoms with Crippen molar-refractivity contribution in [3.63, 3.8) is 0 Å². The SMILES string of the molecule is O=C(O)CC(C(O)COCc1c(Cl)cccc1Cl)[N+](=O)[O-]. The second-order valence-corrected chi connectivity index (χ2v) is 5.05. The van der Waals surface area contributed by atoms with Gasteiger partial charge in [0.2, 0.25) is 0 Å². The minimum absolute atomic E-state index is 0.0485. The number of nitrogens with zero attached hydrogens (tertiary/aromatic N) is 1. The van der Waals surface area contributed by atoms with Crippen molar-refractivity contribution in [3.05, 3.63) is 43.9 Å². The molecule has 0 aliphatic carbocycles. The summed E-state index contributed by atoms with van der Waals surface area (Å²) in [5, 5.41) is 29.7. The van der Waals surface area contributed by atoms with Gasteiger partial charge in [0.15, 0.2) is 0 Å². The van der Waals surface area contributed by atoms with Gasteiger partial charge in [-0.3, -0.25) is 14.9 Å².